The molecule has 0 unspecified atom stereocenters. The smallest absolute Gasteiger partial charge is 0.271 e. The number of amides is 1. The normalized spacial score (nSPS) is 15.9. The van der Waals surface area contributed by atoms with Gasteiger partial charge in [0.1, 0.15) is 5.69 Å². The van der Waals surface area contributed by atoms with Gasteiger partial charge in [-0.3, -0.25) is 14.5 Å². The monoisotopic (exact) mass is 340 g/mol. The summed E-state index contributed by atoms with van der Waals surface area (Å²) in [7, 11) is 0. The predicted octanol–water partition coefficient (Wildman–Crippen LogP) is 1.66. The van der Waals surface area contributed by atoms with Crippen molar-refractivity contribution in [3.05, 3.63) is 64.1 Å². The van der Waals surface area contributed by atoms with Gasteiger partial charge >= 0.3 is 0 Å². The van der Waals surface area contributed by atoms with Crippen LogP contribution in [-0.4, -0.2) is 39.7 Å². The zero-order valence-electron chi connectivity index (χ0n) is 14.5. The maximum atomic E-state index is 12.4. The van der Waals surface area contributed by atoms with Crippen molar-refractivity contribution in [2.45, 2.75) is 38.9 Å². The number of piperidine rings is 1. The lowest BCUT2D eigenvalue weighted by Gasteiger charge is -2.32. The molecule has 1 saturated heterocycles. The highest BCUT2D eigenvalue weighted by atomic mass is 16.2. The van der Waals surface area contributed by atoms with Gasteiger partial charge < -0.3 is 5.32 Å². The maximum Gasteiger partial charge on any atom is 0.271 e. The second kappa shape index (κ2) is 8.07. The van der Waals surface area contributed by atoms with Crippen LogP contribution in [-0.2, 0) is 13.1 Å². The molecule has 1 aliphatic rings. The fraction of sp³-hybridized carbons (Fsp3) is 0.421. The number of rotatable bonds is 5. The van der Waals surface area contributed by atoms with Crippen molar-refractivity contribution in [2.75, 3.05) is 13.1 Å². The molecule has 6 heteroatoms. The number of aromatic nitrogens is 2. The maximum absolute atomic E-state index is 12.4. The van der Waals surface area contributed by atoms with Crippen molar-refractivity contribution in [3.8, 4) is 0 Å². The molecule has 0 spiro atoms. The first-order valence-electron chi connectivity index (χ1n) is 8.81. The third kappa shape index (κ3) is 4.54. The molecule has 0 saturated carbocycles. The van der Waals surface area contributed by atoms with Crippen LogP contribution >= 0.6 is 0 Å². The third-order valence-electron chi connectivity index (χ3n) is 4.57. The highest BCUT2D eigenvalue weighted by molar-refractivity contribution is 5.92. The Morgan fingerprint density at radius 1 is 1.16 bits per heavy atom. The van der Waals surface area contributed by atoms with E-state index in [0.717, 1.165) is 32.5 Å². The third-order valence-corrected chi connectivity index (χ3v) is 4.57. The van der Waals surface area contributed by atoms with E-state index in [1.807, 2.05) is 13.0 Å². The highest BCUT2D eigenvalue weighted by Gasteiger charge is 2.21. The van der Waals surface area contributed by atoms with Gasteiger partial charge in [-0.05, 0) is 31.4 Å². The van der Waals surface area contributed by atoms with E-state index in [1.165, 1.54) is 22.4 Å². The Hall–Kier alpha value is -2.47. The summed E-state index contributed by atoms with van der Waals surface area (Å²) in [6.45, 7) is 5.16. The lowest BCUT2D eigenvalue weighted by atomic mass is 10.0. The highest BCUT2D eigenvalue weighted by Crippen LogP contribution is 2.14. The van der Waals surface area contributed by atoms with Gasteiger partial charge in [0.15, 0.2) is 0 Å². The molecular formula is C19H24N4O2. The molecule has 132 valence electrons. The number of hydrogen-bond donors (Lipinski definition) is 1. The van der Waals surface area contributed by atoms with E-state index in [1.54, 1.807) is 0 Å². The largest absolute Gasteiger partial charge is 0.348 e. The van der Waals surface area contributed by atoms with Crippen LogP contribution in [0.1, 0.15) is 35.8 Å². The van der Waals surface area contributed by atoms with Crippen molar-refractivity contribution >= 4 is 5.91 Å². The number of benzene rings is 1. The molecule has 0 aliphatic carbocycles. The standard InChI is InChI=1S/C19H24N4O2/c1-2-23-18(24)9-8-17(21-23)19(25)20-16-10-12-22(13-11-16)14-15-6-4-3-5-7-15/h3-9,16H,2,10-14H2,1H3,(H,20,25). The molecule has 1 amide bonds. The summed E-state index contributed by atoms with van der Waals surface area (Å²) in [5.41, 5.74) is 1.43. The van der Waals surface area contributed by atoms with Crippen molar-refractivity contribution in [3.63, 3.8) is 0 Å². The van der Waals surface area contributed by atoms with Crippen LogP contribution in [0.3, 0.4) is 0 Å². The number of hydrogen-bond acceptors (Lipinski definition) is 4. The summed E-state index contributed by atoms with van der Waals surface area (Å²) in [5, 5.41) is 7.16. The SMILES string of the molecule is CCn1nc(C(=O)NC2CCN(Cc3ccccc3)CC2)ccc1=O. The van der Waals surface area contributed by atoms with Gasteiger partial charge in [0.05, 0.1) is 0 Å². The van der Waals surface area contributed by atoms with Crippen molar-refractivity contribution in [2.24, 2.45) is 0 Å². The van der Waals surface area contributed by atoms with E-state index in [9.17, 15) is 9.59 Å². The number of likely N-dealkylation sites (tertiary alicyclic amines) is 1. The average Bonchev–Trinajstić information content (AvgIpc) is 2.64. The van der Waals surface area contributed by atoms with Crippen molar-refractivity contribution in [1.82, 2.24) is 20.0 Å². The van der Waals surface area contributed by atoms with E-state index in [0.29, 0.717) is 12.2 Å². The molecule has 0 radical (unpaired) electrons. The van der Waals surface area contributed by atoms with Crippen LogP contribution in [0.15, 0.2) is 47.3 Å². The van der Waals surface area contributed by atoms with E-state index in [-0.39, 0.29) is 17.5 Å². The van der Waals surface area contributed by atoms with E-state index >= 15 is 0 Å². The van der Waals surface area contributed by atoms with Gasteiger partial charge in [0.25, 0.3) is 11.5 Å². The predicted molar refractivity (Wildman–Crippen MR) is 96.4 cm³/mol. The van der Waals surface area contributed by atoms with Crippen LogP contribution in [0.5, 0.6) is 0 Å². The summed E-state index contributed by atoms with van der Waals surface area (Å²) in [6.07, 6.45) is 1.85. The summed E-state index contributed by atoms with van der Waals surface area (Å²) < 4.78 is 1.30. The Kier molecular flexibility index (Phi) is 5.60. The van der Waals surface area contributed by atoms with Gasteiger partial charge in [-0.25, -0.2) is 4.68 Å². The Bertz CT molecular complexity index is 764. The van der Waals surface area contributed by atoms with E-state index < -0.39 is 0 Å². The minimum Gasteiger partial charge on any atom is -0.348 e. The Morgan fingerprint density at radius 3 is 2.56 bits per heavy atom. The fourth-order valence-corrected chi connectivity index (χ4v) is 3.13. The first kappa shape index (κ1) is 17.4. The molecule has 1 N–H and O–H groups in total. The molecular weight excluding hydrogens is 316 g/mol. The molecule has 0 bridgehead atoms. The molecule has 6 nitrogen and oxygen atoms in total. The van der Waals surface area contributed by atoms with Crippen LogP contribution < -0.4 is 10.9 Å². The molecule has 0 atom stereocenters. The van der Waals surface area contributed by atoms with Gasteiger partial charge in [-0.2, -0.15) is 5.10 Å². The van der Waals surface area contributed by atoms with E-state index in [2.05, 4.69) is 39.6 Å². The fourth-order valence-electron chi connectivity index (χ4n) is 3.13. The average molecular weight is 340 g/mol. The molecule has 1 aromatic carbocycles. The summed E-state index contributed by atoms with van der Waals surface area (Å²) in [6, 6.07) is 13.5. The van der Waals surface area contributed by atoms with Gasteiger partial charge in [-0.1, -0.05) is 30.3 Å². The second-order valence-corrected chi connectivity index (χ2v) is 6.38. The zero-order valence-corrected chi connectivity index (χ0v) is 14.5. The van der Waals surface area contributed by atoms with Gasteiger partial charge in [0, 0.05) is 38.3 Å². The number of carbonyl (C=O) groups is 1. The van der Waals surface area contributed by atoms with Crippen LogP contribution in [0.2, 0.25) is 0 Å². The summed E-state index contributed by atoms with van der Waals surface area (Å²) >= 11 is 0. The lowest BCUT2D eigenvalue weighted by molar-refractivity contribution is 0.0901. The quantitative estimate of drug-likeness (QED) is 0.899. The zero-order chi connectivity index (χ0) is 17.6. The number of nitrogens with one attached hydrogen (secondary N) is 1. The van der Waals surface area contributed by atoms with Crippen molar-refractivity contribution in [1.29, 1.82) is 0 Å². The van der Waals surface area contributed by atoms with Crippen molar-refractivity contribution < 1.29 is 4.79 Å². The molecule has 1 aliphatic heterocycles. The lowest BCUT2D eigenvalue weighted by Crippen LogP contribution is -2.44. The topological polar surface area (TPSA) is 67.2 Å². The molecule has 1 fully saturated rings. The summed E-state index contributed by atoms with van der Waals surface area (Å²) in [5.74, 6) is -0.205. The molecule has 2 heterocycles. The number of aryl methyl sites for hydroxylation is 1. The molecule has 3 rings (SSSR count). The first-order chi connectivity index (χ1) is 12.2. The van der Waals surface area contributed by atoms with Crippen LogP contribution in [0, 0.1) is 0 Å². The second-order valence-electron chi connectivity index (χ2n) is 6.38. The Balaban J connectivity index is 1.52. The minimum absolute atomic E-state index is 0.156. The van der Waals surface area contributed by atoms with Crippen LogP contribution in [0.25, 0.3) is 0 Å². The number of nitrogens with zero attached hydrogens (tertiary/aromatic N) is 3. The van der Waals surface area contributed by atoms with Crippen LogP contribution in [0.4, 0.5) is 0 Å². The Labute approximate surface area is 147 Å². The van der Waals surface area contributed by atoms with Gasteiger partial charge in [0.2, 0.25) is 0 Å². The summed E-state index contributed by atoms with van der Waals surface area (Å²) in [4.78, 5) is 26.3. The van der Waals surface area contributed by atoms with Gasteiger partial charge in [-0.15, -0.1) is 0 Å². The molecule has 2 aromatic rings. The minimum atomic E-state index is -0.205. The number of carbonyl (C=O) groups excluding carboxylic acids is 1. The Morgan fingerprint density at radius 2 is 1.88 bits per heavy atom. The molecule has 25 heavy (non-hydrogen) atoms. The molecule has 1 aromatic heterocycles. The first-order valence-corrected chi connectivity index (χ1v) is 8.81. The van der Waals surface area contributed by atoms with E-state index in [4.69, 9.17) is 0 Å².